The molecule has 0 aromatic rings. The summed E-state index contributed by atoms with van der Waals surface area (Å²) in [6.07, 6.45) is 22.2. The van der Waals surface area contributed by atoms with Crippen molar-refractivity contribution in [2.45, 2.75) is 155 Å². The largest absolute Gasteiger partial charge is 0.481 e. The lowest BCUT2D eigenvalue weighted by atomic mass is 9.94. The van der Waals surface area contributed by atoms with Crippen LogP contribution in [0, 0.1) is 5.92 Å². The average molecular weight is 759 g/mol. The molecule has 2 amide bonds. The second kappa shape index (κ2) is 41.1. The fourth-order valence-corrected chi connectivity index (χ4v) is 5.75. The molecule has 1 unspecified atom stereocenters. The van der Waals surface area contributed by atoms with Crippen molar-refractivity contribution >= 4 is 23.6 Å². The van der Waals surface area contributed by atoms with Crippen molar-refractivity contribution in [2.24, 2.45) is 5.92 Å². The number of carbonyl (C=O) groups excluding carboxylic acids is 3. The van der Waals surface area contributed by atoms with Crippen molar-refractivity contribution in [1.82, 2.24) is 10.6 Å². The molecule has 0 spiro atoms. The Morgan fingerprint density at radius 3 is 1.38 bits per heavy atom. The molecule has 0 rings (SSSR count). The van der Waals surface area contributed by atoms with Gasteiger partial charge in [-0.3, -0.25) is 19.2 Å². The molecule has 0 aliphatic rings. The van der Waals surface area contributed by atoms with E-state index in [0.717, 1.165) is 19.3 Å². The van der Waals surface area contributed by atoms with E-state index in [1.54, 1.807) is 6.92 Å². The average Bonchev–Trinajstić information content (AvgIpc) is 3.14. The first-order valence-electron chi connectivity index (χ1n) is 21.1. The molecule has 1 atom stereocenters. The number of ether oxygens (including phenoxy) is 5. The lowest BCUT2D eigenvalue weighted by Crippen LogP contribution is -2.26. The highest BCUT2D eigenvalue weighted by molar-refractivity contribution is 5.83. The van der Waals surface area contributed by atoms with Gasteiger partial charge in [0.05, 0.1) is 72.0 Å². The van der Waals surface area contributed by atoms with E-state index in [-0.39, 0.29) is 30.4 Å². The van der Waals surface area contributed by atoms with E-state index in [2.05, 4.69) is 17.6 Å². The van der Waals surface area contributed by atoms with Crippen molar-refractivity contribution in [2.75, 3.05) is 79.2 Å². The lowest BCUT2D eigenvalue weighted by Gasteiger charge is -2.12. The Balaban J connectivity index is 3.53. The molecule has 3 N–H and O–H groups in total. The highest BCUT2D eigenvalue weighted by atomic mass is 16.6. The van der Waals surface area contributed by atoms with E-state index in [0.29, 0.717) is 111 Å². The maximum Gasteiger partial charge on any atom is 0.306 e. The first-order valence-corrected chi connectivity index (χ1v) is 21.1. The van der Waals surface area contributed by atoms with E-state index < -0.39 is 11.9 Å². The Labute approximate surface area is 321 Å². The van der Waals surface area contributed by atoms with Gasteiger partial charge in [-0.2, -0.15) is 0 Å². The van der Waals surface area contributed by atoms with Crippen molar-refractivity contribution in [1.29, 1.82) is 0 Å². The van der Waals surface area contributed by atoms with Crippen LogP contribution < -0.4 is 10.6 Å². The molecule has 0 heterocycles. The minimum atomic E-state index is -0.914. The monoisotopic (exact) mass is 759 g/mol. The third-order valence-electron chi connectivity index (χ3n) is 9.04. The summed E-state index contributed by atoms with van der Waals surface area (Å²) in [6, 6.07) is 0. The Kier molecular flexibility index (Phi) is 39.4. The number of amides is 2. The summed E-state index contributed by atoms with van der Waals surface area (Å²) in [7, 11) is 0. The van der Waals surface area contributed by atoms with Crippen molar-refractivity contribution in [3.63, 3.8) is 0 Å². The van der Waals surface area contributed by atoms with Crippen LogP contribution in [0.15, 0.2) is 0 Å². The molecule has 312 valence electrons. The highest BCUT2D eigenvalue weighted by Gasteiger charge is 2.20. The summed E-state index contributed by atoms with van der Waals surface area (Å²) in [6.45, 7) is 9.32. The van der Waals surface area contributed by atoms with Gasteiger partial charge in [0.25, 0.3) is 0 Å². The fraction of sp³-hybridized carbons (Fsp3) is 0.902. The quantitative estimate of drug-likeness (QED) is 0.0544. The summed E-state index contributed by atoms with van der Waals surface area (Å²) >= 11 is 0. The first kappa shape index (κ1) is 50.9. The molecule has 0 aromatic carbocycles. The predicted molar refractivity (Wildman–Crippen MR) is 209 cm³/mol. The number of Topliss-reactive ketones (excluding diaryl/α,β-unsaturated/α-hetero) is 1. The Bertz CT molecular complexity index is 861. The molecule has 12 nitrogen and oxygen atoms in total. The number of aliphatic carboxylic acids is 1. The van der Waals surface area contributed by atoms with E-state index >= 15 is 0 Å². The van der Waals surface area contributed by atoms with Gasteiger partial charge in [-0.1, -0.05) is 110 Å². The van der Waals surface area contributed by atoms with Crippen molar-refractivity contribution in [3.05, 3.63) is 0 Å². The second-order valence-corrected chi connectivity index (χ2v) is 13.8. The van der Waals surface area contributed by atoms with E-state index in [1.807, 2.05) is 0 Å². The number of rotatable bonds is 43. The molecule has 0 aliphatic carbocycles. The predicted octanol–water partition coefficient (Wildman–Crippen LogP) is 7.19. The molecule has 0 aromatic heterocycles. The van der Waals surface area contributed by atoms with Gasteiger partial charge in [0.2, 0.25) is 11.8 Å². The molecule has 12 heteroatoms. The SMILES string of the molecule is CCCCCCCCCCCCCCCCCC(=O)CC(CCCCNC(=O)CCOCCOCCOCCOCCOCCNC(=O)CC)C(=O)O. The zero-order valence-electron chi connectivity index (χ0n) is 33.7. The van der Waals surface area contributed by atoms with Crippen LogP contribution in [0.1, 0.15) is 155 Å². The minimum absolute atomic E-state index is 0.0132. The second-order valence-electron chi connectivity index (χ2n) is 13.8. The maximum absolute atomic E-state index is 12.4. The molecule has 0 saturated heterocycles. The summed E-state index contributed by atoms with van der Waals surface area (Å²) in [5, 5.41) is 15.2. The third-order valence-corrected chi connectivity index (χ3v) is 9.04. The number of hydrogen-bond donors (Lipinski definition) is 3. The maximum atomic E-state index is 12.4. The molecule has 53 heavy (non-hydrogen) atoms. The molecule has 0 fully saturated rings. The number of carboxylic acids is 1. The van der Waals surface area contributed by atoms with Crippen LogP contribution in [-0.4, -0.2) is 108 Å². The van der Waals surface area contributed by atoms with E-state index in [4.69, 9.17) is 23.7 Å². The van der Waals surface area contributed by atoms with Gasteiger partial charge in [-0.25, -0.2) is 0 Å². The zero-order chi connectivity index (χ0) is 38.9. The normalized spacial score (nSPS) is 11.8. The van der Waals surface area contributed by atoms with E-state index in [9.17, 15) is 24.3 Å². The fourth-order valence-electron chi connectivity index (χ4n) is 5.75. The van der Waals surface area contributed by atoms with Gasteiger partial charge < -0.3 is 39.4 Å². The van der Waals surface area contributed by atoms with Crippen LogP contribution in [0.25, 0.3) is 0 Å². The van der Waals surface area contributed by atoms with Crippen LogP contribution in [0.5, 0.6) is 0 Å². The molecule has 0 bridgehead atoms. The number of nitrogens with one attached hydrogen (secondary N) is 2. The number of ketones is 1. The number of unbranched alkanes of at least 4 members (excludes halogenated alkanes) is 15. The van der Waals surface area contributed by atoms with Gasteiger partial charge >= 0.3 is 5.97 Å². The number of hydrogen-bond acceptors (Lipinski definition) is 9. The number of carbonyl (C=O) groups is 4. The third kappa shape index (κ3) is 39.4. The Morgan fingerprint density at radius 1 is 0.472 bits per heavy atom. The molecular weight excluding hydrogens is 680 g/mol. The van der Waals surface area contributed by atoms with Crippen LogP contribution in [-0.2, 0) is 42.9 Å². The molecular formula is C41H78N2O10. The summed E-state index contributed by atoms with van der Waals surface area (Å²) in [5.41, 5.74) is 0. The van der Waals surface area contributed by atoms with Gasteiger partial charge in [0, 0.05) is 38.8 Å². The van der Waals surface area contributed by atoms with Gasteiger partial charge in [-0.05, 0) is 19.3 Å². The summed E-state index contributed by atoms with van der Waals surface area (Å²) in [4.78, 5) is 47.3. The van der Waals surface area contributed by atoms with Gasteiger partial charge in [-0.15, -0.1) is 0 Å². The van der Waals surface area contributed by atoms with Crippen LogP contribution in [0.4, 0.5) is 0 Å². The summed E-state index contributed by atoms with van der Waals surface area (Å²) in [5.74, 6) is -1.61. The van der Waals surface area contributed by atoms with Crippen LogP contribution in [0.3, 0.4) is 0 Å². The van der Waals surface area contributed by atoms with Crippen molar-refractivity contribution in [3.8, 4) is 0 Å². The van der Waals surface area contributed by atoms with Crippen LogP contribution >= 0.6 is 0 Å². The van der Waals surface area contributed by atoms with Gasteiger partial charge in [0.15, 0.2) is 0 Å². The van der Waals surface area contributed by atoms with Crippen molar-refractivity contribution < 1.29 is 48.0 Å². The highest BCUT2D eigenvalue weighted by Crippen LogP contribution is 2.17. The number of carboxylic acid groups (broad SMARTS) is 1. The molecule has 0 aliphatic heterocycles. The molecule has 0 saturated carbocycles. The van der Waals surface area contributed by atoms with Gasteiger partial charge in [0.1, 0.15) is 5.78 Å². The standard InChI is InChI=1S/C41H78N2O10/c1-3-5-6-7-8-9-10-11-12-13-14-15-16-17-18-22-38(44)36-37(41(47)48)21-19-20-24-42-40(46)23-26-49-28-30-51-32-34-53-35-33-52-31-29-50-27-25-43-39(45)4-2/h37H,3-36H2,1-2H3,(H,42,46)(H,43,45)(H,47,48). The molecule has 0 radical (unpaired) electrons. The Morgan fingerprint density at radius 2 is 0.906 bits per heavy atom. The Hall–Kier alpha value is -2.12. The minimum Gasteiger partial charge on any atom is -0.481 e. The van der Waals surface area contributed by atoms with E-state index in [1.165, 1.54) is 77.0 Å². The zero-order valence-corrected chi connectivity index (χ0v) is 33.7. The topological polar surface area (TPSA) is 159 Å². The first-order chi connectivity index (χ1) is 25.9. The smallest absolute Gasteiger partial charge is 0.306 e. The van der Waals surface area contributed by atoms with Crippen LogP contribution in [0.2, 0.25) is 0 Å². The lowest BCUT2D eigenvalue weighted by molar-refractivity contribution is -0.144. The summed E-state index contributed by atoms with van der Waals surface area (Å²) < 4.78 is 27.1.